The zero-order valence-corrected chi connectivity index (χ0v) is 18.9. The third kappa shape index (κ3) is 4.40. The highest BCUT2D eigenvalue weighted by Gasteiger charge is 2.29. The molecule has 5 rings (SSSR count). The first kappa shape index (κ1) is 21.8. The molecule has 1 aliphatic rings. The highest BCUT2D eigenvalue weighted by Crippen LogP contribution is 2.25. The third-order valence-electron chi connectivity index (χ3n) is 5.82. The molecular weight excluding hydrogens is 454 g/mol. The van der Waals surface area contributed by atoms with E-state index in [-0.39, 0.29) is 28.1 Å². The summed E-state index contributed by atoms with van der Waals surface area (Å²) < 4.78 is 28.6. The van der Waals surface area contributed by atoms with Gasteiger partial charge in [0.15, 0.2) is 0 Å². The van der Waals surface area contributed by atoms with Gasteiger partial charge in [-0.25, -0.2) is 13.2 Å². The normalized spacial score (nSPS) is 16.0. The maximum atomic E-state index is 13.3. The quantitative estimate of drug-likeness (QED) is 0.340. The molecule has 4 N–H and O–H groups in total. The fourth-order valence-electron chi connectivity index (χ4n) is 4.14. The van der Waals surface area contributed by atoms with E-state index in [2.05, 4.69) is 20.0 Å². The fourth-order valence-corrected chi connectivity index (χ4v) is 5.25. The van der Waals surface area contributed by atoms with E-state index in [9.17, 15) is 18.0 Å². The van der Waals surface area contributed by atoms with Crippen molar-refractivity contribution in [2.45, 2.75) is 17.4 Å². The number of carbonyl (C=O) groups excluding carboxylic acids is 1. The van der Waals surface area contributed by atoms with E-state index in [1.165, 1.54) is 18.2 Å². The van der Waals surface area contributed by atoms with Crippen LogP contribution in [0.5, 0.6) is 0 Å². The molecule has 34 heavy (non-hydrogen) atoms. The molecule has 1 aromatic heterocycles. The molecule has 0 spiro atoms. The predicted molar refractivity (Wildman–Crippen MR) is 131 cm³/mol. The summed E-state index contributed by atoms with van der Waals surface area (Å²) in [6.45, 7) is 1.09. The van der Waals surface area contributed by atoms with Gasteiger partial charge in [-0.05, 0) is 48.9 Å². The van der Waals surface area contributed by atoms with Gasteiger partial charge in [0.25, 0.3) is 15.9 Å². The highest BCUT2D eigenvalue weighted by molar-refractivity contribution is 7.92. The largest absolute Gasteiger partial charge is 0.380 e. The van der Waals surface area contributed by atoms with Crippen molar-refractivity contribution in [1.82, 2.24) is 14.9 Å². The number of nitrogens with zero attached hydrogens (tertiary/aromatic N) is 1. The van der Waals surface area contributed by atoms with E-state index in [0.29, 0.717) is 24.1 Å². The van der Waals surface area contributed by atoms with Crippen LogP contribution in [-0.2, 0) is 10.0 Å². The number of benzene rings is 3. The second-order valence-corrected chi connectivity index (χ2v) is 9.87. The van der Waals surface area contributed by atoms with Gasteiger partial charge in [0.1, 0.15) is 0 Å². The van der Waals surface area contributed by atoms with E-state index < -0.39 is 15.7 Å². The number of aromatic amines is 2. The lowest BCUT2D eigenvalue weighted by molar-refractivity contribution is 0.0792. The molecule has 10 heteroatoms. The number of fused-ring (bicyclic) bond motifs is 1. The molecule has 0 saturated carbocycles. The van der Waals surface area contributed by atoms with Crippen LogP contribution in [0, 0.1) is 0 Å². The van der Waals surface area contributed by atoms with Crippen molar-refractivity contribution in [3.8, 4) is 0 Å². The van der Waals surface area contributed by atoms with E-state index >= 15 is 0 Å². The molecule has 1 atom stereocenters. The molecule has 174 valence electrons. The molecule has 9 nitrogen and oxygen atoms in total. The Morgan fingerprint density at radius 3 is 2.50 bits per heavy atom. The molecule has 0 bridgehead atoms. The van der Waals surface area contributed by atoms with Gasteiger partial charge in [0, 0.05) is 24.8 Å². The van der Waals surface area contributed by atoms with Gasteiger partial charge in [-0.1, -0.05) is 30.3 Å². The summed E-state index contributed by atoms with van der Waals surface area (Å²) >= 11 is 0. The number of imidazole rings is 1. The fraction of sp³-hybridized carbons (Fsp3) is 0.167. The summed E-state index contributed by atoms with van der Waals surface area (Å²) in [6.07, 6.45) is 0.795. The summed E-state index contributed by atoms with van der Waals surface area (Å²) in [5.41, 5.74) is 1.95. The van der Waals surface area contributed by atoms with Crippen LogP contribution in [0.1, 0.15) is 16.8 Å². The minimum absolute atomic E-state index is 0.0224. The Morgan fingerprint density at radius 1 is 0.941 bits per heavy atom. The number of para-hydroxylation sites is 2. The van der Waals surface area contributed by atoms with Crippen LogP contribution in [0.15, 0.2) is 82.5 Å². The molecule has 0 radical (unpaired) electrons. The van der Waals surface area contributed by atoms with Gasteiger partial charge >= 0.3 is 5.69 Å². The first-order valence-electron chi connectivity index (χ1n) is 10.8. The van der Waals surface area contributed by atoms with Crippen molar-refractivity contribution in [2.75, 3.05) is 23.1 Å². The Kier molecular flexibility index (Phi) is 5.58. The van der Waals surface area contributed by atoms with Crippen LogP contribution in [0.25, 0.3) is 11.0 Å². The van der Waals surface area contributed by atoms with Gasteiger partial charge in [-0.3, -0.25) is 9.52 Å². The standard InChI is InChI=1S/C24H23N5O4S/c30-23(29-13-12-17(15-29)25-16-6-2-1-3-7-16)19-8-4-5-9-20(19)28-34(32,33)18-10-11-21-22(14-18)27-24(31)26-21/h1-11,14,17,25,28H,12-13,15H2,(H2,26,27,31). The van der Waals surface area contributed by atoms with Gasteiger partial charge in [-0.2, -0.15) is 0 Å². The number of aromatic nitrogens is 2. The molecule has 3 aromatic carbocycles. The molecule has 4 aromatic rings. The summed E-state index contributed by atoms with van der Waals surface area (Å²) in [5, 5.41) is 3.43. The Labute approximate surface area is 195 Å². The van der Waals surface area contributed by atoms with E-state index in [4.69, 9.17) is 0 Å². The monoisotopic (exact) mass is 477 g/mol. The van der Waals surface area contributed by atoms with Crippen molar-refractivity contribution < 1.29 is 13.2 Å². The molecule has 2 heterocycles. The number of rotatable bonds is 6. The van der Waals surface area contributed by atoms with Gasteiger partial charge in [-0.15, -0.1) is 0 Å². The van der Waals surface area contributed by atoms with Crippen molar-refractivity contribution in [2.24, 2.45) is 0 Å². The number of nitrogens with one attached hydrogen (secondary N) is 4. The molecule has 0 aliphatic carbocycles. The van der Waals surface area contributed by atoms with Crippen molar-refractivity contribution >= 4 is 38.3 Å². The second kappa shape index (κ2) is 8.71. The zero-order chi connectivity index (χ0) is 23.7. The van der Waals surface area contributed by atoms with Gasteiger partial charge in [0.2, 0.25) is 0 Å². The van der Waals surface area contributed by atoms with Crippen molar-refractivity contribution in [3.05, 3.63) is 88.8 Å². The topological polar surface area (TPSA) is 127 Å². The Balaban J connectivity index is 1.34. The van der Waals surface area contributed by atoms with E-state index in [1.54, 1.807) is 29.2 Å². The van der Waals surface area contributed by atoms with Crippen LogP contribution >= 0.6 is 0 Å². The van der Waals surface area contributed by atoms with Crippen LogP contribution in [-0.4, -0.2) is 48.3 Å². The Morgan fingerprint density at radius 2 is 1.68 bits per heavy atom. The molecule has 1 fully saturated rings. The number of hydrogen-bond donors (Lipinski definition) is 4. The maximum Gasteiger partial charge on any atom is 0.323 e. The number of sulfonamides is 1. The Hall–Kier alpha value is -4.05. The maximum absolute atomic E-state index is 13.3. The number of H-pyrrole nitrogens is 2. The smallest absolute Gasteiger partial charge is 0.323 e. The summed E-state index contributed by atoms with van der Waals surface area (Å²) in [5.74, 6) is -0.235. The van der Waals surface area contributed by atoms with Crippen LogP contribution in [0.3, 0.4) is 0 Å². The first-order chi connectivity index (χ1) is 16.4. The van der Waals surface area contributed by atoms with Crippen LogP contribution in [0.4, 0.5) is 11.4 Å². The first-order valence-corrected chi connectivity index (χ1v) is 12.3. The number of likely N-dealkylation sites (tertiary alicyclic amines) is 1. The number of anilines is 2. The van der Waals surface area contributed by atoms with Crippen LogP contribution < -0.4 is 15.7 Å². The average Bonchev–Trinajstić information content (AvgIpc) is 3.44. The van der Waals surface area contributed by atoms with E-state index in [1.807, 2.05) is 30.3 Å². The third-order valence-corrected chi connectivity index (χ3v) is 7.18. The van der Waals surface area contributed by atoms with Gasteiger partial charge < -0.3 is 20.2 Å². The summed E-state index contributed by atoms with van der Waals surface area (Å²) in [6, 6.07) is 20.8. The van der Waals surface area contributed by atoms with E-state index in [0.717, 1.165) is 12.1 Å². The molecule has 1 unspecified atom stereocenters. The molecule has 1 amide bonds. The lowest BCUT2D eigenvalue weighted by atomic mass is 10.1. The predicted octanol–water partition coefficient (Wildman–Crippen LogP) is 2.98. The highest BCUT2D eigenvalue weighted by atomic mass is 32.2. The number of hydrogen-bond acceptors (Lipinski definition) is 5. The zero-order valence-electron chi connectivity index (χ0n) is 18.1. The lowest BCUT2D eigenvalue weighted by Gasteiger charge is -2.20. The number of carbonyl (C=O) groups is 1. The molecule has 1 saturated heterocycles. The van der Waals surface area contributed by atoms with Crippen molar-refractivity contribution in [3.63, 3.8) is 0 Å². The summed E-state index contributed by atoms with van der Waals surface area (Å²) in [4.78, 5) is 31.6. The lowest BCUT2D eigenvalue weighted by Crippen LogP contribution is -2.32. The number of amides is 1. The second-order valence-electron chi connectivity index (χ2n) is 8.18. The molecule has 1 aliphatic heterocycles. The summed E-state index contributed by atoms with van der Waals surface area (Å²) in [7, 11) is -4.00. The minimum atomic E-state index is -4.00. The van der Waals surface area contributed by atoms with Crippen LogP contribution in [0.2, 0.25) is 0 Å². The SMILES string of the molecule is O=C(c1ccccc1NS(=O)(=O)c1ccc2[nH]c(=O)[nH]c2c1)N1CCC(Nc2ccccc2)C1. The Bertz CT molecular complexity index is 1510. The minimum Gasteiger partial charge on any atom is -0.380 e. The van der Waals surface area contributed by atoms with Gasteiger partial charge in [0.05, 0.1) is 27.2 Å². The molecular formula is C24H23N5O4S. The average molecular weight is 478 g/mol. The van der Waals surface area contributed by atoms with Crippen molar-refractivity contribution in [1.29, 1.82) is 0 Å².